The minimum Gasteiger partial charge on any atom is -0.379 e. The summed E-state index contributed by atoms with van der Waals surface area (Å²) in [7, 11) is 0. The number of morpholine rings is 1. The van der Waals surface area contributed by atoms with Crippen molar-refractivity contribution in [2.75, 3.05) is 32.8 Å². The molecule has 0 aromatic carbocycles. The number of nitrogens with zero attached hydrogens (tertiary/aromatic N) is 1. The van der Waals surface area contributed by atoms with Crippen molar-refractivity contribution in [1.29, 1.82) is 0 Å². The van der Waals surface area contributed by atoms with Crippen molar-refractivity contribution >= 4 is 0 Å². The maximum Gasteiger partial charge on any atom is 0.0594 e. The van der Waals surface area contributed by atoms with Crippen LogP contribution in [0.1, 0.15) is 52.4 Å². The third-order valence-electron chi connectivity index (χ3n) is 3.58. The molecule has 2 nitrogen and oxygen atoms in total. The molecule has 0 aromatic rings. The lowest BCUT2D eigenvalue weighted by atomic mass is 9.93. The summed E-state index contributed by atoms with van der Waals surface area (Å²) in [6, 6.07) is 0. The molecule has 0 atom stereocenters. The van der Waals surface area contributed by atoms with Gasteiger partial charge in [-0.15, -0.1) is 0 Å². The highest BCUT2D eigenvalue weighted by Gasteiger charge is 2.11. The van der Waals surface area contributed by atoms with Gasteiger partial charge in [0.1, 0.15) is 0 Å². The van der Waals surface area contributed by atoms with Crippen molar-refractivity contribution < 1.29 is 4.74 Å². The average Bonchev–Trinajstić information content (AvgIpc) is 2.31. The van der Waals surface area contributed by atoms with Crippen LogP contribution in [0.5, 0.6) is 0 Å². The van der Waals surface area contributed by atoms with E-state index in [0.29, 0.717) is 0 Å². The molecule has 0 N–H and O–H groups in total. The van der Waals surface area contributed by atoms with Gasteiger partial charge in [0.25, 0.3) is 0 Å². The molecule has 1 fully saturated rings. The normalized spacial score (nSPS) is 18.2. The van der Waals surface area contributed by atoms with Gasteiger partial charge in [0, 0.05) is 13.1 Å². The molecule has 16 heavy (non-hydrogen) atoms. The van der Waals surface area contributed by atoms with Gasteiger partial charge in [0.2, 0.25) is 0 Å². The Hall–Kier alpha value is -0.0800. The van der Waals surface area contributed by atoms with Crippen LogP contribution in [-0.2, 0) is 4.74 Å². The van der Waals surface area contributed by atoms with Crippen LogP contribution in [0.25, 0.3) is 0 Å². The molecular formula is C14H29NO. The van der Waals surface area contributed by atoms with Crippen LogP contribution in [0, 0.1) is 5.92 Å². The molecule has 0 radical (unpaired) electrons. The van der Waals surface area contributed by atoms with Gasteiger partial charge in [0.05, 0.1) is 13.2 Å². The first-order chi connectivity index (χ1) is 7.86. The van der Waals surface area contributed by atoms with Gasteiger partial charge in [-0.25, -0.2) is 0 Å². The maximum absolute atomic E-state index is 5.36. The summed E-state index contributed by atoms with van der Waals surface area (Å²) in [4.78, 5) is 2.55. The second kappa shape index (κ2) is 9.00. The van der Waals surface area contributed by atoms with Crippen LogP contribution < -0.4 is 0 Å². The molecule has 0 unspecified atom stereocenters. The third-order valence-corrected chi connectivity index (χ3v) is 3.58. The SMILES string of the molecule is CCCC(CCC)CCCN1CCOCC1. The van der Waals surface area contributed by atoms with Crippen molar-refractivity contribution in [2.24, 2.45) is 5.92 Å². The fraction of sp³-hybridized carbons (Fsp3) is 1.00. The molecular weight excluding hydrogens is 198 g/mol. The summed E-state index contributed by atoms with van der Waals surface area (Å²) < 4.78 is 5.36. The van der Waals surface area contributed by atoms with Crippen molar-refractivity contribution in [3.63, 3.8) is 0 Å². The lowest BCUT2D eigenvalue weighted by Crippen LogP contribution is -2.36. The Morgan fingerprint density at radius 3 is 2.19 bits per heavy atom. The third kappa shape index (κ3) is 5.86. The molecule has 1 saturated heterocycles. The van der Waals surface area contributed by atoms with E-state index in [1.807, 2.05) is 0 Å². The summed E-state index contributed by atoms with van der Waals surface area (Å²) in [5, 5.41) is 0. The van der Waals surface area contributed by atoms with E-state index in [0.717, 1.165) is 32.2 Å². The second-order valence-corrected chi connectivity index (χ2v) is 5.04. The smallest absolute Gasteiger partial charge is 0.0594 e. The van der Waals surface area contributed by atoms with Crippen molar-refractivity contribution in [3.8, 4) is 0 Å². The number of rotatable bonds is 8. The van der Waals surface area contributed by atoms with E-state index in [1.165, 1.54) is 45.1 Å². The summed E-state index contributed by atoms with van der Waals surface area (Å²) in [6.07, 6.45) is 8.36. The fourth-order valence-electron chi connectivity index (χ4n) is 2.68. The number of hydrogen-bond acceptors (Lipinski definition) is 2. The van der Waals surface area contributed by atoms with Gasteiger partial charge in [-0.05, 0) is 25.3 Å². The Morgan fingerprint density at radius 1 is 1.00 bits per heavy atom. The van der Waals surface area contributed by atoms with Crippen LogP contribution >= 0.6 is 0 Å². The first-order valence-electron chi connectivity index (χ1n) is 7.16. The summed E-state index contributed by atoms with van der Waals surface area (Å²) in [5.41, 5.74) is 0. The lowest BCUT2D eigenvalue weighted by molar-refractivity contribution is 0.0366. The molecule has 0 spiro atoms. The Balaban J connectivity index is 2.06. The van der Waals surface area contributed by atoms with E-state index >= 15 is 0 Å². The predicted octanol–water partition coefficient (Wildman–Crippen LogP) is 3.32. The fourth-order valence-corrected chi connectivity index (χ4v) is 2.68. The zero-order chi connectivity index (χ0) is 11.6. The van der Waals surface area contributed by atoms with Crippen molar-refractivity contribution in [1.82, 2.24) is 4.90 Å². The molecule has 96 valence electrons. The minimum absolute atomic E-state index is 0.938. The van der Waals surface area contributed by atoms with E-state index in [1.54, 1.807) is 0 Å². The van der Waals surface area contributed by atoms with Gasteiger partial charge in [-0.1, -0.05) is 39.5 Å². The van der Waals surface area contributed by atoms with Crippen LogP contribution in [0.15, 0.2) is 0 Å². The van der Waals surface area contributed by atoms with Crippen LogP contribution in [-0.4, -0.2) is 37.7 Å². The number of hydrogen-bond donors (Lipinski definition) is 0. The summed E-state index contributed by atoms with van der Waals surface area (Å²) >= 11 is 0. The second-order valence-electron chi connectivity index (χ2n) is 5.04. The largest absolute Gasteiger partial charge is 0.379 e. The first-order valence-corrected chi connectivity index (χ1v) is 7.16. The topological polar surface area (TPSA) is 12.5 Å². The van der Waals surface area contributed by atoms with Gasteiger partial charge in [-0.2, -0.15) is 0 Å². The van der Waals surface area contributed by atoms with Crippen molar-refractivity contribution in [2.45, 2.75) is 52.4 Å². The highest BCUT2D eigenvalue weighted by molar-refractivity contribution is 4.64. The Labute approximate surface area is 101 Å². The summed E-state index contributed by atoms with van der Waals surface area (Å²) in [5.74, 6) is 0.982. The van der Waals surface area contributed by atoms with E-state index in [4.69, 9.17) is 4.74 Å². The zero-order valence-electron chi connectivity index (χ0n) is 11.2. The van der Waals surface area contributed by atoms with E-state index in [-0.39, 0.29) is 0 Å². The van der Waals surface area contributed by atoms with Crippen LogP contribution in [0.3, 0.4) is 0 Å². The van der Waals surface area contributed by atoms with E-state index < -0.39 is 0 Å². The molecule has 0 saturated carbocycles. The maximum atomic E-state index is 5.36. The monoisotopic (exact) mass is 227 g/mol. The predicted molar refractivity (Wildman–Crippen MR) is 69.8 cm³/mol. The lowest BCUT2D eigenvalue weighted by Gasteiger charge is -2.27. The van der Waals surface area contributed by atoms with Crippen LogP contribution in [0.4, 0.5) is 0 Å². The standard InChI is InChI=1S/C14H29NO/c1-3-6-14(7-4-2)8-5-9-15-10-12-16-13-11-15/h14H,3-13H2,1-2H3. The molecule has 1 aliphatic rings. The number of ether oxygens (including phenoxy) is 1. The average molecular weight is 227 g/mol. The Kier molecular flexibility index (Phi) is 7.87. The quantitative estimate of drug-likeness (QED) is 0.631. The van der Waals surface area contributed by atoms with E-state index in [9.17, 15) is 0 Å². The van der Waals surface area contributed by atoms with Gasteiger partial charge in [-0.3, -0.25) is 4.90 Å². The molecule has 1 aliphatic heterocycles. The molecule has 0 aromatic heterocycles. The first kappa shape index (κ1) is 14.0. The zero-order valence-corrected chi connectivity index (χ0v) is 11.2. The van der Waals surface area contributed by atoms with Gasteiger partial charge in [0.15, 0.2) is 0 Å². The van der Waals surface area contributed by atoms with Gasteiger partial charge < -0.3 is 4.74 Å². The molecule has 1 heterocycles. The molecule has 0 aliphatic carbocycles. The molecule has 0 amide bonds. The summed E-state index contributed by atoms with van der Waals surface area (Å²) in [6.45, 7) is 10.1. The van der Waals surface area contributed by atoms with Crippen molar-refractivity contribution in [3.05, 3.63) is 0 Å². The highest BCUT2D eigenvalue weighted by atomic mass is 16.5. The molecule has 1 rings (SSSR count). The highest BCUT2D eigenvalue weighted by Crippen LogP contribution is 2.19. The van der Waals surface area contributed by atoms with E-state index in [2.05, 4.69) is 18.7 Å². The Morgan fingerprint density at radius 2 is 1.62 bits per heavy atom. The Bertz CT molecular complexity index is 149. The van der Waals surface area contributed by atoms with Crippen LogP contribution in [0.2, 0.25) is 0 Å². The van der Waals surface area contributed by atoms with Gasteiger partial charge >= 0.3 is 0 Å². The molecule has 2 heteroatoms. The molecule has 0 bridgehead atoms. The minimum atomic E-state index is 0.938.